The third-order valence-corrected chi connectivity index (χ3v) is 8.26. The highest BCUT2D eigenvalue weighted by Crippen LogP contribution is 2.42. The molecule has 0 saturated heterocycles. The van der Waals surface area contributed by atoms with Crippen molar-refractivity contribution in [3.63, 3.8) is 0 Å². The van der Waals surface area contributed by atoms with Crippen LogP contribution in [0.4, 0.5) is 11.4 Å². The van der Waals surface area contributed by atoms with Gasteiger partial charge in [-0.15, -0.1) is 11.3 Å². The predicted octanol–water partition coefficient (Wildman–Crippen LogP) is 6.37. The number of rotatable bonds is 7. The Kier molecular flexibility index (Phi) is 8.51. The molecule has 3 aromatic rings. The van der Waals surface area contributed by atoms with Crippen molar-refractivity contribution in [1.29, 1.82) is 5.26 Å². The number of nitriles is 1. The van der Waals surface area contributed by atoms with E-state index in [1.165, 1.54) is 23.1 Å². The molecule has 3 N–H and O–H groups in total. The van der Waals surface area contributed by atoms with Gasteiger partial charge in [-0.1, -0.05) is 36.0 Å². The third-order valence-electron chi connectivity index (χ3n) is 5.59. The molecule has 2 amide bonds. The van der Waals surface area contributed by atoms with Crippen molar-refractivity contribution in [3.8, 4) is 6.07 Å². The van der Waals surface area contributed by atoms with E-state index in [2.05, 4.69) is 44.6 Å². The average molecular weight is 627 g/mol. The van der Waals surface area contributed by atoms with Crippen molar-refractivity contribution in [1.82, 2.24) is 5.32 Å². The molecule has 4 rings (SSSR count). The summed E-state index contributed by atoms with van der Waals surface area (Å²) in [5, 5.41) is 21.8. The number of halogens is 1. The fraction of sp³-hybridized carbons (Fsp3) is 0.148. The van der Waals surface area contributed by atoms with Crippen LogP contribution in [0.1, 0.15) is 23.3 Å². The number of nitrogens with zero attached hydrogens (tertiary/aromatic N) is 1. The molecule has 9 heteroatoms. The van der Waals surface area contributed by atoms with Gasteiger partial charge in [0.2, 0.25) is 5.91 Å². The molecule has 1 atom stereocenters. The fourth-order valence-electron chi connectivity index (χ4n) is 3.84. The number of carbonyl (C=O) groups is 2. The summed E-state index contributed by atoms with van der Waals surface area (Å²) in [5.41, 5.74) is 3.96. The van der Waals surface area contributed by atoms with E-state index in [1.807, 2.05) is 79.9 Å². The summed E-state index contributed by atoms with van der Waals surface area (Å²) in [6.45, 7) is 3.76. The maximum atomic E-state index is 13.5. The Bertz CT molecular complexity index is 1390. The van der Waals surface area contributed by atoms with Crippen molar-refractivity contribution in [2.45, 2.75) is 19.8 Å². The average Bonchev–Trinajstić information content (AvgIpc) is 3.39. The predicted molar refractivity (Wildman–Crippen MR) is 156 cm³/mol. The van der Waals surface area contributed by atoms with Crippen LogP contribution < -0.4 is 16.0 Å². The summed E-state index contributed by atoms with van der Waals surface area (Å²) in [6, 6.07) is 21.3. The van der Waals surface area contributed by atoms with Gasteiger partial charge in [-0.3, -0.25) is 9.59 Å². The SMILES string of the molecule is CC1=C(C(=O)Nc2ccccc2C)[C@H](c2cccs2)C(C#N)=C(SCC(=O)Nc2ccc(I)cc2)N1. The third kappa shape index (κ3) is 6.00. The number of thiophene rings is 1. The van der Waals surface area contributed by atoms with Gasteiger partial charge in [-0.25, -0.2) is 0 Å². The molecule has 1 aliphatic rings. The Balaban J connectivity index is 1.58. The molecule has 0 aliphatic carbocycles. The van der Waals surface area contributed by atoms with Gasteiger partial charge < -0.3 is 16.0 Å². The standard InChI is InChI=1S/C27H23IN4O2S2/c1-16-6-3-4-7-21(16)32-26(34)24-17(2)30-27(20(14-29)25(24)22-8-5-13-35-22)36-15-23(33)31-19-11-9-18(28)10-12-19/h3-13,25,30H,15H2,1-2H3,(H,31,33)(H,32,34)/t25-/m0/s1. The molecule has 0 bridgehead atoms. The van der Waals surface area contributed by atoms with Gasteiger partial charge in [-0.2, -0.15) is 5.26 Å². The zero-order chi connectivity index (χ0) is 25.7. The van der Waals surface area contributed by atoms with Crippen LogP contribution in [0.3, 0.4) is 0 Å². The number of hydrogen-bond donors (Lipinski definition) is 3. The van der Waals surface area contributed by atoms with E-state index < -0.39 is 5.92 Å². The van der Waals surface area contributed by atoms with Gasteiger partial charge in [0.1, 0.15) is 0 Å². The lowest BCUT2D eigenvalue weighted by Gasteiger charge is -2.29. The highest BCUT2D eigenvalue weighted by Gasteiger charge is 2.35. The number of hydrogen-bond acceptors (Lipinski definition) is 6. The number of para-hydroxylation sites is 1. The number of benzene rings is 2. The minimum atomic E-state index is -0.526. The Morgan fingerprint density at radius 1 is 1.08 bits per heavy atom. The zero-order valence-corrected chi connectivity index (χ0v) is 23.4. The Hall–Kier alpha value is -3.07. The van der Waals surface area contributed by atoms with E-state index in [0.29, 0.717) is 21.9 Å². The van der Waals surface area contributed by atoms with E-state index in [4.69, 9.17) is 0 Å². The second kappa shape index (κ2) is 11.8. The Morgan fingerprint density at radius 2 is 1.83 bits per heavy atom. The van der Waals surface area contributed by atoms with E-state index in [1.54, 1.807) is 0 Å². The van der Waals surface area contributed by atoms with Gasteiger partial charge in [0.15, 0.2) is 0 Å². The molecule has 2 heterocycles. The normalized spacial score (nSPS) is 15.2. The number of thioether (sulfide) groups is 1. The largest absolute Gasteiger partial charge is 0.353 e. The van der Waals surface area contributed by atoms with Crippen LogP contribution >= 0.6 is 45.7 Å². The first-order chi connectivity index (χ1) is 17.4. The number of amides is 2. The van der Waals surface area contributed by atoms with Gasteiger partial charge in [0.05, 0.1) is 28.3 Å². The quantitative estimate of drug-likeness (QED) is 0.265. The first-order valence-electron chi connectivity index (χ1n) is 11.1. The summed E-state index contributed by atoms with van der Waals surface area (Å²) in [6.07, 6.45) is 0. The van der Waals surface area contributed by atoms with Crippen LogP contribution in [-0.2, 0) is 9.59 Å². The van der Waals surface area contributed by atoms with Crippen LogP contribution in [0, 0.1) is 21.8 Å². The number of dihydropyridines is 1. The van der Waals surface area contributed by atoms with E-state index in [0.717, 1.165) is 25.4 Å². The first kappa shape index (κ1) is 26.0. The molecular weight excluding hydrogens is 603 g/mol. The zero-order valence-electron chi connectivity index (χ0n) is 19.6. The van der Waals surface area contributed by atoms with Gasteiger partial charge >= 0.3 is 0 Å². The van der Waals surface area contributed by atoms with E-state index in [9.17, 15) is 14.9 Å². The molecule has 2 aromatic carbocycles. The van der Waals surface area contributed by atoms with Gasteiger partial charge in [-0.05, 0) is 83.8 Å². The number of carbonyl (C=O) groups excluding carboxylic acids is 2. The smallest absolute Gasteiger partial charge is 0.254 e. The van der Waals surface area contributed by atoms with Crippen LogP contribution in [0.2, 0.25) is 0 Å². The van der Waals surface area contributed by atoms with Crippen molar-refractivity contribution in [3.05, 3.63) is 102 Å². The first-order valence-corrected chi connectivity index (χ1v) is 14.0. The number of aryl methyl sites for hydroxylation is 1. The van der Waals surface area contributed by atoms with Crippen molar-refractivity contribution < 1.29 is 9.59 Å². The Morgan fingerprint density at radius 3 is 2.50 bits per heavy atom. The molecule has 0 fully saturated rings. The summed E-state index contributed by atoms with van der Waals surface area (Å²) in [4.78, 5) is 27.0. The second-order valence-electron chi connectivity index (χ2n) is 8.08. The molecule has 0 unspecified atom stereocenters. The molecule has 36 heavy (non-hydrogen) atoms. The van der Waals surface area contributed by atoms with Gasteiger partial charge in [0, 0.05) is 31.1 Å². The lowest BCUT2D eigenvalue weighted by molar-refractivity contribution is -0.114. The molecule has 0 radical (unpaired) electrons. The van der Waals surface area contributed by atoms with Crippen molar-refractivity contribution >= 4 is 68.9 Å². The maximum Gasteiger partial charge on any atom is 0.254 e. The van der Waals surface area contributed by atoms with Crippen LogP contribution in [0.15, 0.2) is 87.9 Å². The van der Waals surface area contributed by atoms with Crippen LogP contribution in [0.5, 0.6) is 0 Å². The Labute approximate surface area is 232 Å². The number of anilines is 2. The maximum absolute atomic E-state index is 13.5. The molecular formula is C27H23IN4O2S2. The molecule has 1 aliphatic heterocycles. The highest BCUT2D eigenvalue weighted by atomic mass is 127. The van der Waals surface area contributed by atoms with Crippen molar-refractivity contribution in [2.75, 3.05) is 16.4 Å². The van der Waals surface area contributed by atoms with Crippen LogP contribution in [-0.4, -0.2) is 17.6 Å². The topological polar surface area (TPSA) is 94.0 Å². The lowest BCUT2D eigenvalue weighted by Crippen LogP contribution is -2.31. The lowest BCUT2D eigenvalue weighted by atomic mass is 9.86. The number of allylic oxidation sites excluding steroid dienone is 2. The number of nitrogens with one attached hydrogen (secondary N) is 3. The summed E-state index contributed by atoms with van der Waals surface area (Å²) in [7, 11) is 0. The fourth-order valence-corrected chi connectivity index (χ4v) is 5.93. The minimum Gasteiger partial charge on any atom is -0.353 e. The van der Waals surface area contributed by atoms with E-state index >= 15 is 0 Å². The second-order valence-corrected chi connectivity index (χ2v) is 11.3. The monoisotopic (exact) mass is 626 g/mol. The molecule has 1 aromatic heterocycles. The van der Waals surface area contributed by atoms with Crippen LogP contribution in [0.25, 0.3) is 0 Å². The summed E-state index contributed by atoms with van der Waals surface area (Å²) in [5.74, 6) is -0.845. The van der Waals surface area contributed by atoms with E-state index in [-0.39, 0.29) is 17.6 Å². The minimum absolute atomic E-state index is 0.120. The summed E-state index contributed by atoms with van der Waals surface area (Å²) < 4.78 is 1.08. The molecule has 6 nitrogen and oxygen atoms in total. The summed E-state index contributed by atoms with van der Waals surface area (Å²) >= 11 is 4.96. The van der Waals surface area contributed by atoms with Gasteiger partial charge in [0.25, 0.3) is 5.91 Å². The highest BCUT2D eigenvalue weighted by molar-refractivity contribution is 14.1. The molecule has 0 saturated carbocycles. The van der Waals surface area contributed by atoms with Crippen molar-refractivity contribution in [2.24, 2.45) is 0 Å². The molecule has 0 spiro atoms. The molecule has 182 valence electrons.